The molecule has 0 radical (unpaired) electrons. The van der Waals surface area contributed by atoms with Crippen LogP contribution < -0.4 is 10.6 Å². The topological polar surface area (TPSA) is 67.2 Å². The molecule has 1 fully saturated rings. The molecule has 1 unspecified atom stereocenters. The van der Waals surface area contributed by atoms with Crippen molar-refractivity contribution in [3.63, 3.8) is 0 Å². The van der Waals surface area contributed by atoms with Crippen LogP contribution in [0.4, 0.5) is 4.39 Å². The summed E-state index contributed by atoms with van der Waals surface area (Å²) in [5, 5.41) is 6.15. The predicted molar refractivity (Wildman–Crippen MR) is 91.5 cm³/mol. The van der Waals surface area contributed by atoms with Crippen LogP contribution in [0.5, 0.6) is 0 Å². The SMILES string of the molecule is Cl.O=C(NCCc1coc(-c2ccc(F)cc2)n1)C1CCCCN1. The lowest BCUT2D eigenvalue weighted by Gasteiger charge is -2.22. The summed E-state index contributed by atoms with van der Waals surface area (Å²) in [6, 6.07) is 5.92. The molecule has 130 valence electrons. The van der Waals surface area contributed by atoms with Crippen LogP contribution in [0.3, 0.4) is 0 Å². The molecule has 1 aliphatic heterocycles. The zero-order valence-corrected chi connectivity index (χ0v) is 14.1. The second kappa shape index (κ2) is 8.80. The van der Waals surface area contributed by atoms with Gasteiger partial charge in [0.15, 0.2) is 0 Å². The monoisotopic (exact) mass is 353 g/mol. The number of carbonyl (C=O) groups is 1. The maximum Gasteiger partial charge on any atom is 0.237 e. The first-order chi connectivity index (χ1) is 11.2. The van der Waals surface area contributed by atoms with Gasteiger partial charge in [-0.1, -0.05) is 6.42 Å². The van der Waals surface area contributed by atoms with Crippen molar-refractivity contribution in [3.8, 4) is 11.5 Å². The molecule has 0 spiro atoms. The van der Waals surface area contributed by atoms with Gasteiger partial charge < -0.3 is 15.1 Å². The average Bonchev–Trinajstić information content (AvgIpc) is 3.05. The number of nitrogens with one attached hydrogen (secondary N) is 2. The molecule has 24 heavy (non-hydrogen) atoms. The van der Waals surface area contributed by atoms with Crippen molar-refractivity contribution in [2.24, 2.45) is 0 Å². The van der Waals surface area contributed by atoms with E-state index in [2.05, 4.69) is 15.6 Å². The second-order valence-corrected chi connectivity index (χ2v) is 5.69. The van der Waals surface area contributed by atoms with Crippen molar-refractivity contribution in [2.75, 3.05) is 13.1 Å². The Labute approximate surface area is 146 Å². The fraction of sp³-hybridized carbons (Fsp3) is 0.412. The molecule has 2 heterocycles. The molecule has 2 aromatic rings. The summed E-state index contributed by atoms with van der Waals surface area (Å²) in [6.07, 6.45) is 5.29. The van der Waals surface area contributed by atoms with E-state index in [4.69, 9.17) is 4.42 Å². The Hall–Kier alpha value is -1.92. The van der Waals surface area contributed by atoms with Gasteiger partial charge in [0.25, 0.3) is 0 Å². The number of oxazole rings is 1. The zero-order chi connectivity index (χ0) is 16.1. The number of hydrogen-bond acceptors (Lipinski definition) is 4. The summed E-state index contributed by atoms with van der Waals surface area (Å²) in [4.78, 5) is 16.4. The Balaban J connectivity index is 0.00000208. The molecule has 0 saturated carbocycles. The number of nitrogens with zero attached hydrogens (tertiary/aromatic N) is 1. The molecule has 7 heteroatoms. The minimum atomic E-state index is -0.292. The summed E-state index contributed by atoms with van der Waals surface area (Å²) in [5.41, 5.74) is 1.49. The highest BCUT2D eigenvalue weighted by Crippen LogP contribution is 2.19. The van der Waals surface area contributed by atoms with Crippen LogP contribution in [0.1, 0.15) is 25.0 Å². The third-order valence-corrected chi connectivity index (χ3v) is 3.95. The van der Waals surface area contributed by atoms with E-state index in [1.54, 1.807) is 18.4 Å². The second-order valence-electron chi connectivity index (χ2n) is 5.69. The van der Waals surface area contributed by atoms with Crippen LogP contribution in [0, 0.1) is 5.82 Å². The van der Waals surface area contributed by atoms with Crippen molar-refractivity contribution in [1.82, 2.24) is 15.6 Å². The van der Waals surface area contributed by atoms with Crippen LogP contribution in [0.25, 0.3) is 11.5 Å². The number of amides is 1. The largest absolute Gasteiger partial charge is 0.444 e. The number of piperidine rings is 1. The van der Waals surface area contributed by atoms with Gasteiger partial charge in [0.2, 0.25) is 11.8 Å². The highest BCUT2D eigenvalue weighted by Gasteiger charge is 2.19. The van der Waals surface area contributed by atoms with E-state index in [-0.39, 0.29) is 30.2 Å². The first kappa shape index (κ1) is 18.4. The summed E-state index contributed by atoms with van der Waals surface area (Å²) < 4.78 is 18.3. The summed E-state index contributed by atoms with van der Waals surface area (Å²) >= 11 is 0. The highest BCUT2D eigenvalue weighted by atomic mass is 35.5. The van der Waals surface area contributed by atoms with Gasteiger partial charge >= 0.3 is 0 Å². The average molecular weight is 354 g/mol. The van der Waals surface area contributed by atoms with Gasteiger partial charge in [0.05, 0.1) is 11.7 Å². The summed E-state index contributed by atoms with van der Waals surface area (Å²) in [5.74, 6) is 0.215. The number of aromatic nitrogens is 1. The van der Waals surface area contributed by atoms with Crippen LogP contribution in [-0.2, 0) is 11.2 Å². The molecule has 3 rings (SSSR count). The van der Waals surface area contributed by atoms with Gasteiger partial charge in [-0.25, -0.2) is 9.37 Å². The van der Waals surface area contributed by atoms with Gasteiger partial charge in [0, 0.05) is 18.5 Å². The molecule has 5 nitrogen and oxygen atoms in total. The fourth-order valence-corrected chi connectivity index (χ4v) is 2.66. The molecule has 1 amide bonds. The van der Waals surface area contributed by atoms with Gasteiger partial charge in [-0.2, -0.15) is 0 Å². The van der Waals surface area contributed by atoms with Crippen molar-refractivity contribution >= 4 is 18.3 Å². The molecular weight excluding hydrogens is 333 g/mol. The van der Waals surface area contributed by atoms with E-state index >= 15 is 0 Å². The standard InChI is InChI=1S/C17H20FN3O2.ClH/c18-13-6-4-12(5-7-13)17-21-14(11-23-17)8-10-20-16(22)15-3-1-2-9-19-15;/h4-7,11,15,19H,1-3,8-10H2,(H,20,22);1H. The first-order valence-corrected chi connectivity index (χ1v) is 7.94. The van der Waals surface area contributed by atoms with Gasteiger partial charge in [-0.15, -0.1) is 12.4 Å². The minimum absolute atomic E-state index is 0. The Bertz CT molecular complexity index is 654. The number of hydrogen-bond donors (Lipinski definition) is 2. The van der Waals surface area contributed by atoms with Crippen molar-refractivity contribution < 1.29 is 13.6 Å². The quantitative estimate of drug-likeness (QED) is 0.867. The highest BCUT2D eigenvalue weighted by molar-refractivity contribution is 5.85. The maximum atomic E-state index is 12.9. The van der Waals surface area contributed by atoms with Crippen LogP contribution in [0.2, 0.25) is 0 Å². The molecule has 1 saturated heterocycles. The molecule has 1 atom stereocenters. The number of rotatable bonds is 5. The van der Waals surface area contributed by atoms with E-state index < -0.39 is 0 Å². The van der Waals surface area contributed by atoms with Crippen molar-refractivity contribution in [3.05, 3.63) is 42.0 Å². The summed E-state index contributed by atoms with van der Waals surface area (Å²) in [6.45, 7) is 1.43. The lowest BCUT2D eigenvalue weighted by atomic mass is 10.0. The third kappa shape index (κ3) is 4.79. The van der Waals surface area contributed by atoms with Gasteiger partial charge in [-0.05, 0) is 43.7 Å². The van der Waals surface area contributed by atoms with E-state index in [1.807, 2.05) is 0 Å². The fourth-order valence-electron chi connectivity index (χ4n) is 2.66. The normalized spacial score (nSPS) is 17.1. The van der Waals surface area contributed by atoms with Crippen molar-refractivity contribution in [1.29, 1.82) is 0 Å². The maximum absolute atomic E-state index is 12.9. The number of halogens is 2. The van der Waals surface area contributed by atoms with E-state index in [1.165, 1.54) is 12.1 Å². The Morgan fingerprint density at radius 3 is 2.83 bits per heavy atom. The molecular formula is C17H21ClFN3O2. The van der Waals surface area contributed by atoms with Crippen molar-refractivity contribution in [2.45, 2.75) is 31.7 Å². The lowest BCUT2D eigenvalue weighted by Crippen LogP contribution is -2.47. The molecule has 1 aromatic heterocycles. The van der Waals surface area contributed by atoms with E-state index in [0.717, 1.165) is 37.1 Å². The molecule has 0 aliphatic carbocycles. The molecule has 2 N–H and O–H groups in total. The molecule has 1 aromatic carbocycles. The van der Waals surface area contributed by atoms with Crippen LogP contribution in [0.15, 0.2) is 34.9 Å². The van der Waals surface area contributed by atoms with E-state index in [0.29, 0.717) is 18.9 Å². The minimum Gasteiger partial charge on any atom is -0.444 e. The Morgan fingerprint density at radius 1 is 1.33 bits per heavy atom. The van der Waals surface area contributed by atoms with E-state index in [9.17, 15) is 9.18 Å². The van der Waals surface area contributed by atoms with Crippen LogP contribution in [-0.4, -0.2) is 30.0 Å². The smallest absolute Gasteiger partial charge is 0.237 e. The molecule has 0 bridgehead atoms. The Morgan fingerprint density at radius 2 is 2.12 bits per heavy atom. The zero-order valence-electron chi connectivity index (χ0n) is 13.3. The third-order valence-electron chi connectivity index (χ3n) is 3.95. The number of benzene rings is 1. The first-order valence-electron chi connectivity index (χ1n) is 7.94. The van der Waals surface area contributed by atoms with Gasteiger partial charge in [-0.3, -0.25) is 4.79 Å². The van der Waals surface area contributed by atoms with Gasteiger partial charge in [0.1, 0.15) is 12.1 Å². The predicted octanol–water partition coefficient (Wildman–Crippen LogP) is 2.70. The lowest BCUT2D eigenvalue weighted by molar-refractivity contribution is -0.123. The summed E-state index contributed by atoms with van der Waals surface area (Å²) in [7, 11) is 0. The number of carbonyl (C=O) groups excluding carboxylic acids is 1. The Kier molecular flexibility index (Phi) is 6.75. The van der Waals surface area contributed by atoms with Crippen LogP contribution >= 0.6 is 12.4 Å². The molecule has 1 aliphatic rings.